The van der Waals surface area contributed by atoms with Crippen LogP contribution in [0.3, 0.4) is 0 Å². The van der Waals surface area contributed by atoms with Crippen LogP contribution < -0.4 is 5.32 Å². The first-order chi connectivity index (χ1) is 14.4. The minimum absolute atomic E-state index is 0. The lowest BCUT2D eigenvalue weighted by molar-refractivity contribution is 0.520. The van der Waals surface area contributed by atoms with Gasteiger partial charge in [-0.15, -0.1) is 12.4 Å². The molecule has 0 aromatic rings. The van der Waals surface area contributed by atoms with E-state index in [0.29, 0.717) is 0 Å². The van der Waals surface area contributed by atoms with Crippen LogP contribution in [0.15, 0.2) is 0 Å². The van der Waals surface area contributed by atoms with Gasteiger partial charge in [0.25, 0.3) is 0 Å². The van der Waals surface area contributed by atoms with E-state index in [-0.39, 0.29) is 12.4 Å². The van der Waals surface area contributed by atoms with Crippen molar-refractivity contribution in [3.8, 4) is 0 Å². The lowest BCUT2D eigenvalue weighted by Crippen LogP contribution is -2.16. The Kier molecular flexibility index (Phi) is 34.0. The molecule has 0 aromatic heterocycles. The molecule has 0 aliphatic heterocycles. The Bertz CT molecular complexity index is 243. The van der Waals surface area contributed by atoms with Gasteiger partial charge in [0, 0.05) is 0 Å². The molecule has 0 saturated carbocycles. The van der Waals surface area contributed by atoms with Crippen molar-refractivity contribution in [2.75, 3.05) is 13.1 Å². The molecular weight excluding hydrogens is 386 g/mol. The van der Waals surface area contributed by atoms with Crippen molar-refractivity contribution < 1.29 is 0 Å². The Morgan fingerprint density at radius 1 is 0.300 bits per heavy atom. The van der Waals surface area contributed by atoms with Crippen LogP contribution in [0.5, 0.6) is 0 Å². The molecule has 2 heteroatoms. The fourth-order valence-electron chi connectivity index (χ4n) is 4.31. The highest BCUT2D eigenvalue weighted by molar-refractivity contribution is 5.85. The summed E-state index contributed by atoms with van der Waals surface area (Å²) in [4.78, 5) is 0. The van der Waals surface area contributed by atoms with Gasteiger partial charge in [-0.1, -0.05) is 155 Å². The van der Waals surface area contributed by atoms with E-state index < -0.39 is 0 Å². The van der Waals surface area contributed by atoms with Crippen molar-refractivity contribution in [2.45, 2.75) is 168 Å². The number of halogens is 1. The molecular formula is C28H60ClN. The molecule has 0 aliphatic rings. The summed E-state index contributed by atoms with van der Waals surface area (Å²) >= 11 is 0. The van der Waals surface area contributed by atoms with Gasteiger partial charge >= 0.3 is 0 Å². The van der Waals surface area contributed by atoms with Crippen LogP contribution >= 0.6 is 12.4 Å². The summed E-state index contributed by atoms with van der Waals surface area (Å²) in [6, 6.07) is 0. The Hall–Kier alpha value is 0.250. The molecule has 0 aromatic carbocycles. The second-order valence-corrected chi connectivity index (χ2v) is 9.53. The molecule has 1 nitrogen and oxygen atoms in total. The molecule has 0 radical (unpaired) electrons. The molecule has 184 valence electrons. The molecule has 0 fully saturated rings. The Balaban J connectivity index is 0. The van der Waals surface area contributed by atoms with Gasteiger partial charge in [0.2, 0.25) is 0 Å². The molecule has 0 bridgehead atoms. The van der Waals surface area contributed by atoms with Crippen molar-refractivity contribution in [1.29, 1.82) is 0 Å². The van der Waals surface area contributed by atoms with Crippen LogP contribution in [-0.4, -0.2) is 13.1 Å². The smallest absolute Gasteiger partial charge is 0.00489 e. The Labute approximate surface area is 198 Å². The average molecular weight is 446 g/mol. The van der Waals surface area contributed by atoms with E-state index in [1.807, 2.05) is 0 Å². The van der Waals surface area contributed by atoms with Crippen LogP contribution in [0.4, 0.5) is 0 Å². The number of rotatable bonds is 26. The predicted molar refractivity (Wildman–Crippen MR) is 142 cm³/mol. The van der Waals surface area contributed by atoms with Crippen molar-refractivity contribution in [3.05, 3.63) is 0 Å². The van der Waals surface area contributed by atoms with Crippen molar-refractivity contribution >= 4 is 12.4 Å². The van der Waals surface area contributed by atoms with Gasteiger partial charge in [-0.3, -0.25) is 0 Å². The van der Waals surface area contributed by atoms with E-state index in [0.717, 1.165) is 0 Å². The highest BCUT2D eigenvalue weighted by Gasteiger charge is 1.95. The molecule has 0 spiro atoms. The predicted octanol–water partition coefficient (Wildman–Crippen LogP) is 10.4. The second-order valence-electron chi connectivity index (χ2n) is 9.53. The van der Waals surface area contributed by atoms with Gasteiger partial charge in [0.15, 0.2) is 0 Å². The molecule has 0 atom stereocenters. The third-order valence-electron chi connectivity index (χ3n) is 6.41. The summed E-state index contributed by atoms with van der Waals surface area (Å²) in [6.07, 6.45) is 34.8. The van der Waals surface area contributed by atoms with Crippen molar-refractivity contribution in [1.82, 2.24) is 5.32 Å². The maximum atomic E-state index is 3.65. The summed E-state index contributed by atoms with van der Waals surface area (Å²) in [5.74, 6) is 0. The van der Waals surface area contributed by atoms with Gasteiger partial charge in [0.05, 0.1) is 0 Å². The standard InChI is InChI=1S/C28H59N.ClH/c1-3-5-7-9-11-13-15-16-17-18-20-22-24-26-28-29-27-25-23-21-19-14-12-10-8-6-4-2;/h29H,3-28H2,1-2H3;1H. The summed E-state index contributed by atoms with van der Waals surface area (Å²) in [5, 5.41) is 3.65. The van der Waals surface area contributed by atoms with E-state index in [1.165, 1.54) is 167 Å². The van der Waals surface area contributed by atoms with Gasteiger partial charge in [-0.05, 0) is 25.9 Å². The maximum absolute atomic E-state index is 3.65. The summed E-state index contributed by atoms with van der Waals surface area (Å²) in [6.45, 7) is 7.09. The zero-order valence-corrected chi connectivity index (χ0v) is 22.1. The highest BCUT2D eigenvalue weighted by Crippen LogP contribution is 2.13. The molecule has 0 aliphatic carbocycles. The fourth-order valence-corrected chi connectivity index (χ4v) is 4.31. The molecule has 0 unspecified atom stereocenters. The molecule has 0 saturated heterocycles. The van der Waals surface area contributed by atoms with E-state index in [2.05, 4.69) is 19.2 Å². The van der Waals surface area contributed by atoms with E-state index in [9.17, 15) is 0 Å². The van der Waals surface area contributed by atoms with Gasteiger partial charge in [-0.25, -0.2) is 0 Å². The van der Waals surface area contributed by atoms with Crippen LogP contribution in [0.2, 0.25) is 0 Å². The van der Waals surface area contributed by atoms with Crippen LogP contribution in [0.25, 0.3) is 0 Å². The van der Waals surface area contributed by atoms with Gasteiger partial charge < -0.3 is 5.32 Å². The second kappa shape index (κ2) is 31.4. The molecule has 1 N–H and O–H groups in total. The number of nitrogens with one attached hydrogen (secondary N) is 1. The molecule has 0 heterocycles. The van der Waals surface area contributed by atoms with E-state index in [1.54, 1.807) is 0 Å². The normalized spacial score (nSPS) is 11.0. The molecule has 0 amide bonds. The van der Waals surface area contributed by atoms with Crippen molar-refractivity contribution in [3.63, 3.8) is 0 Å². The average Bonchev–Trinajstić information content (AvgIpc) is 2.74. The van der Waals surface area contributed by atoms with Crippen molar-refractivity contribution in [2.24, 2.45) is 0 Å². The summed E-state index contributed by atoms with van der Waals surface area (Å²) < 4.78 is 0. The highest BCUT2D eigenvalue weighted by atomic mass is 35.5. The first kappa shape index (κ1) is 32.4. The number of unbranched alkanes of at least 4 members (excludes halogenated alkanes) is 22. The maximum Gasteiger partial charge on any atom is -0.00489 e. The minimum atomic E-state index is 0. The van der Waals surface area contributed by atoms with Crippen LogP contribution in [0.1, 0.15) is 168 Å². The topological polar surface area (TPSA) is 12.0 Å². The lowest BCUT2D eigenvalue weighted by atomic mass is 10.0. The van der Waals surface area contributed by atoms with Gasteiger partial charge in [-0.2, -0.15) is 0 Å². The summed E-state index contributed by atoms with van der Waals surface area (Å²) in [7, 11) is 0. The third kappa shape index (κ3) is 30.4. The Morgan fingerprint density at radius 2 is 0.500 bits per heavy atom. The monoisotopic (exact) mass is 445 g/mol. The van der Waals surface area contributed by atoms with Crippen LogP contribution in [-0.2, 0) is 0 Å². The first-order valence-corrected chi connectivity index (χ1v) is 14.1. The van der Waals surface area contributed by atoms with E-state index >= 15 is 0 Å². The number of hydrogen-bond acceptors (Lipinski definition) is 1. The SMILES string of the molecule is CCCCCCCCCCCCCCCCNCCCCCCCCCCCC.Cl. The van der Waals surface area contributed by atoms with E-state index in [4.69, 9.17) is 0 Å². The summed E-state index contributed by atoms with van der Waals surface area (Å²) in [5.41, 5.74) is 0. The zero-order chi connectivity index (χ0) is 21.1. The third-order valence-corrected chi connectivity index (χ3v) is 6.41. The molecule has 0 rings (SSSR count). The van der Waals surface area contributed by atoms with Gasteiger partial charge in [0.1, 0.15) is 0 Å². The largest absolute Gasteiger partial charge is 0.317 e. The molecule has 30 heavy (non-hydrogen) atoms. The number of hydrogen-bond donors (Lipinski definition) is 1. The minimum Gasteiger partial charge on any atom is -0.317 e. The fraction of sp³-hybridized carbons (Fsp3) is 1.00. The first-order valence-electron chi connectivity index (χ1n) is 14.1. The zero-order valence-electron chi connectivity index (χ0n) is 21.3. The lowest BCUT2D eigenvalue weighted by Gasteiger charge is -2.06. The van der Waals surface area contributed by atoms with Crippen LogP contribution in [0, 0.1) is 0 Å². The quantitative estimate of drug-likeness (QED) is 0.130. The Morgan fingerprint density at radius 3 is 0.733 bits per heavy atom.